The van der Waals surface area contributed by atoms with E-state index in [2.05, 4.69) is 5.32 Å². The van der Waals surface area contributed by atoms with Crippen molar-refractivity contribution < 1.29 is 9.59 Å². The molecule has 6 nitrogen and oxygen atoms in total. The Hall–Kier alpha value is -2.55. The van der Waals surface area contributed by atoms with Crippen LogP contribution in [0.5, 0.6) is 0 Å². The second-order valence-electron chi connectivity index (χ2n) is 6.15. The lowest BCUT2D eigenvalue weighted by Crippen LogP contribution is -2.39. The number of likely N-dealkylation sites (N-methyl/N-ethyl adjacent to an activating group) is 1. The van der Waals surface area contributed by atoms with Crippen LogP contribution in [0.1, 0.15) is 31.7 Å². The van der Waals surface area contributed by atoms with Crippen LogP contribution in [-0.2, 0) is 16.1 Å². The molecule has 0 unspecified atom stereocenters. The Morgan fingerprint density at radius 3 is 2.71 bits per heavy atom. The van der Waals surface area contributed by atoms with E-state index >= 15 is 0 Å². The number of nitrogens with one attached hydrogen (secondary N) is 1. The maximum absolute atomic E-state index is 12.2. The molecular formula is C18H24N4O2. The van der Waals surface area contributed by atoms with E-state index in [-0.39, 0.29) is 17.9 Å². The Bertz CT molecular complexity index is 621. The van der Waals surface area contributed by atoms with Gasteiger partial charge in [-0.2, -0.15) is 5.26 Å². The minimum atomic E-state index is -0.361. The van der Waals surface area contributed by atoms with Gasteiger partial charge in [0.15, 0.2) is 0 Å². The number of likely N-dealkylation sites (tertiary alicyclic amines) is 1. The van der Waals surface area contributed by atoms with Gasteiger partial charge in [-0.3, -0.25) is 9.59 Å². The number of benzene rings is 1. The van der Waals surface area contributed by atoms with E-state index in [4.69, 9.17) is 5.26 Å². The summed E-state index contributed by atoms with van der Waals surface area (Å²) in [6.45, 7) is 3.72. The lowest BCUT2D eigenvalue weighted by Gasteiger charge is -2.22. The predicted octanol–water partition coefficient (Wildman–Crippen LogP) is 1.98. The van der Waals surface area contributed by atoms with Crippen LogP contribution >= 0.6 is 0 Å². The molecule has 0 aromatic heterocycles. The van der Waals surface area contributed by atoms with Crippen LogP contribution in [0.15, 0.2) is 24.3 Å². The molecule has 2 amide bonds. The Kier molecular flexibility index (Phi) is 6.19. The highest BCUT2D eigenvalue weighted by Crippen LogP contribution is 2.17. The van der Waals surface area contributed by atoms with Crippen LogP contribution < -0.4 is 5.32 Å². The topological polar surface area (TPSA) is 76.4 Å². The van der Waals surface area contributed by atoms with Crippen LogP contribution in [-0.4, -0.2) is 47.8 Å². The predicted molar refractivity (Wildman–Crippen MR) is 92.0 cm³/mol. The molecular weight excluding hydrogens is 304 g/mol. The first-order chi connectivity index (χ1) is 11.5. The second-order valence-corrected chi connectivity index (χ2v) is 6.15. The fraction of sp³-hybridized carbons (Fsp3) is 0.500. The molecule has 1 fully saturated rings. The summed E-state index contributed by atoms with van der Waals surface area (Å²) in [4.78, 5) is 27.3. The summed E-state index contributed by atoms with van der Waals surface area (Å²) in [5, 5.41) is 11.8. The molecule has 1 aromatic carbocycles. The van der Waals surface area contributed by atoms with E-state index in [0.717, 1.165) is 24.2 Å². The zero-order valence-electron chi connectivity index (χ0n) is 14.3. The van der Waals surface area contributed by atoms with Crippen molar-refractivity contribution in [2.24, 2.45) is 0 Å². The summed E-state index contributed by atoms with van der Waals surface area (Å²) in [6, 6.07) is 9.48. The molecule has 128 valence electrons. The van der Waals surface area contributed by atoms with E-state index in [1.54, 1.807) is 11.9 Å². The summed E-state index contributed by atoms with van der Waals surface area (Å²) >= 11 is 0. The minimum Gasteiger partial charge on any atom is -0.374 e. The first-order valence-electron chi connectivity index (χ1n) is 8.26. The standard InChI is InChI=1S/C18H24N4O2/c1-14(18(24)21(2)11-4-10-19)20-16-8-6-15(7-9-16)13-22-12-3-5-17(22)23/h6-9,14,20H,3-5,11-13H2,1-2H3/t14-/m0/s1. The van der Waals surface area contributed by atoms with Gasteiger partial charge in [-0.25, -0.2) is 0 Å². The van der Waals surface area contributed by atoms with Crippen molar-refractivity contribution >= 4 is 17.5 Å². The van der Waals surface area contributed by atoms with Crippen molar-refractivity contribution in [2.75, 3.05) is 25.5 Å². The van der Waals surface area contributed by atoms with Crippen LogP contribution in [0.2, 0.25) is 0 Å². The lowest BCUT2D eigenvalue weighted by molar-refractivity contribution is -0.130. The van der Waals surface area contributed by atoms with Gasteiger partial charge in [0.05, 0.1) is 12.5 Å². The van der Waals surface area contributed by atoms with Crippen molar-refractivity contribution in [3.8, 4) is 6.07 Å². The van der Waals surface area contributed by atoms with Crippen molar-refractivity contribution in [1.29, 1.82) is 5.26 Å². The van der Waals surface area contributed by atoms with Crippen molar-refractivity contribution in [3.63, 3.8) is 0 Å². The third-order valence-electron chi connectivity index (χ3n) is 4.19. The van der Waals surface area contributed by atoms with Gasteiger partial charge in [-0.15, -0.1) is 0 Å². The summed E-state index contributed by atoms with van der Waals surface area (Å²) in [5.74, 6) is 0.175. The van der Waals surface area contributed by atoms with Gasteiger partial charge in [0.1, 0.15) is 6.04 Å². The van der Waals surface area contributed by atoms with Gasteiger partial charge in [-0.05, 0) is 31.0 Å². The van der Waals surface area contributed by atoms with Crippen LogP contribution in [0, 0.1) is 11.3 Å². The molecule has 24 heavy (non-hydrogen) atoms. The third kappa shape index (κ3) is 4.72. The molecule has 1 N–H and O–H groups in total. The summed E-state index contributed by atoms with van der Waals surface area (Å²) in [6.07, 6.45) is 1.93. The molecule has 0 aliphatic carbocycles. The molecule has 1 atom stereocenters. The number of carbonyl (C=O) groups excluding carboxylic acids is 2. The van der Waals surface area contributed by atoms with E-state index in [0.29, 0.717) is 25.9 Å². The minimum absolute atomic E-state index is 0.0445. The van der Waals surface area contributed by atoms with E-state index < -0.39 is 0 Å². The van der Waals surface area contributed by atoms with Gasteiger partial charge in [-0.1, -0.05) is 12.1 Å². The molecule has 2 rings (SSSR count). The Balaban J connectivity index is 1.87. The molecule has 0 radical (unpaired) electrons. The third-order valence-corrected chi connectivity index (χ3v) is 4.19. The fourth-order valence-electron chi connectivity index (χ4n) is 2.77. The highest BCUT2D eigenvalue weighted by molar-refractivity contribution is 5.84. The average molecular weight is 328 g/mol. The second kappa shape index (κ2) is 8.34. The highest BCUT2D eigenvalue weighted by Gasteiger charge is 2.20. The summed E-state index contributed by atoms with van der Waals surface area (Å²) < 4.78 is 0. The number of carbonyl (C=O) groups is 2. The molecule has 1 aliphatic heterocycles. The number of nitrogens with zero attached hydrogens (tertiary/aromatic N) is 3. The van der Waals surface area contributed by atoms with Crippen molar-refractivity contribution in [1.82, 2.24) is 9.80 Å². The normalized spacial score (nSPS) is 15.0. The van der Waals surface area contributed by atoms with Crippen molar-refractivity contribution in [3.05, 3.63) is 29.8 Å². The summed E-state index contributed by atoms with van der Waals surface area (Å²) in [5.41, 5.74) is 1.95. The van der Waals surface area contributed by atoms with E-state index in [1.807, 2.05) is 42.2 Å². The molecule has 0 bridgehead atoms. The number of hydrogen-bond donors (Lipinski definition) is 1. The Morgan fingerprint density at radius 1 is 1.42 bits per heavy atom. The maximum Gasteiger partial charge on any atom is 0.244 e. The zero-order valence-corrected chi connectivity index (χ0v) is 14.3. The largest absolute Gasteiger partial charge is 0.374 e. The van der Waals surface area contributed by atoms with Gasteiger partial charge in [0.2, 0.25) is 11.8 Å². The van der Waals surface area contributed by atoms with Gasteiger partial charge in [0, 0.05) is 38.8 Å². The zero-order chi connectivity index (χ0) is 17.5. The number of amides is 2. The van der Waals surface area contributed by atoms with E-state index in [9.17, 15) is 9.59 Å². The monoisotopic (exact) mass is 328 g/mol. The molecule has 6 heteroatoms. The van der Waals surface area contributed by atoms with Crippen LogP contribution in [0.3, 0.4) is 0 Å². The molecule has 1 aliphatic rings. The summed E-state index contributed by atoms with van der Waals surface area (Å²) in [7, 11) is 1.70. The molecule has 1 saturated heterocycles. The average Bonchev–Trinajstić information content (AvgIpc) is 2.98. The number of rotatable bonds is 7. The van der Waals surface area contributed by atoms with E-state index in [1.165, 1.54) is 0 Å². The molecule has 1 aromatic rings. The highest BCUT2D eigenvalue weighted by atomic mass is 16.2. The van der Waals surface area contributed by atoms with Crippen molar-refractivity contribution in [2.45, 2.75) is 38.8 Å². The Morgan fingerprint density at radius 2 is 2.12 bits per heavy atom. The number of hydrogen-bond acceptors (Lipinski definition) is 4. The fourth-order valence-corrected chi connectivity index (χ4v) is 2.77. The van der Waals surface area contributed by atoms with Crippen LogP contribution in [0.4, 0.5) is 5.69 Å². The van der Waals surface area contributed by atoms with Gasteiger partial charge in [0.25, 0.3) is 0 Å². The Labute approximate surface area is 143 Å². The number of nitriles is 1. The first-order valence-corrected chi connectivity index (χ1v) is 8.26. The first kappa shape index (κ1) is 17.8. The maximum atomic E-state index is 12.2. The SMILES string of the molecule is C[C@H](Nc1ccc(CN2CCCC2=O)cc1)C(=O)N(C)CCC#N. The van der Waals surface area contributed by atoms with Gasteiger partial charge >= 0.3 is 0 Å². The molecule has 0 spiro atoms. The smallest absolute Gasteiger partial charge is 0.244 e. The number of anilines is 1. The lowest BCUT2D eigenvalue weighted by atomic mass is 10.1. The molecule has 0 saturated carbocycles. The molecule has 1 heterocycles. The van der Waals surface area contributed by atoms with Gasteiger partial charge < -0.3 is 15.1 Å². The quantitative estimate of drug-likeness (QED) is 0.830. The van der Waals surface area contributed by atoms with Crippen LogP contribution in [0.25, 0.3) is 0 Å².